The summed E-state index contributed by atoms with van der Waals surface area (Å²) in [4.78, 5) is 57.9. The van der Waals surface area contributed by atoms with E-state index >= 15 is 0 Å². The molecule has 0 N–H and O–H groups in total. The van der Waals surface area contributed by atoms with Gasteiger partial charge in [-0.3, -0.25) is 19.5 Å². The maximum Gasteiger partial charge on any atom is 0.165 e. The Morgan fingerprint density at radius 3 is 1.25 bits per heavy atom. The fourth-order valence-corrected chi connectivity index (χ4v) is 25.3. The Bertz CT molecular complexity index is 7260. The van der Waals surface area contributed by atoms with Crippen LogP contribution in [-0.4, -0.2) is 264 Å². The van der Waals surface area contributed by atoms with Crippen molar-refractivity contribution in [3.05, 3.63) is 208 Å². The molecule has 142 heavy (non-hydrogen) atoms. The van der Waals surface area contributed by atoms with Crippen LogP contribution >= 0.6 is 11.6 Å². The van der Waals surface area contributed by atoms with Crippen molar-refractivity contribution in [1.29, 1.82) is 0 Å². The minimum absolute atomic E-state index is 0.232. The molecular formula is C105H126ClN21O10S5. The second-order valence-corrected chi connectivity index (χ2v) is 51.4. The van der Waals surface area contributed by atoms with Crippen molar-refractivity contribution in [2.45, 2.75) is 131 Å². The molecule has 0 unspecified atom stereocenters. The van der Waals surface area contributed by atoms with Crippen LogP contribution < -0.4 is 24.5 Å². The maximum atomic E-state index is 13.1. The topological polar surface area (TPSA) is 343 Å². The van der Waals surface area contributed by atoms with Crippen LogP contribution in [0.15, 0.2) is 174 Å². The van der Waals surface area contributed by atoms with Gasteiger partial charge in [-0.25, -0.2) is 55.9 Å². The van der Waals surface area contributed by atoms with Crippen LogP contribution in [-0.2, 0) is 98.0 Å². The summed E-state index contributed by atoms with van der Waals surface area (Å²) in [5.41, 5.74) is 23.2. The molecule has 0 amide bonds. The number of halogens is 1. The molecule has 17 heterocycles. The Morgan fingerprint density at radius 2 is 0.803 bits per heavy atom. The van der Waals surface area contributed by atoms with Gasteiger partial charge in [0.1, 0.15) is 16.8 Å². The molecule has 7 fully saturated rings. The highest BCUT2D eigenvalue weighted by Crippen LogP contribution is 2.43. The van der Waals surface area contributed by atoms with Crippen LogP contribution in [0.5, 0.6) is 0 Å². The molecule has 4 aliphatic carbocycles. The number of imidazole rings is 1. The minimum Gasteiger partial charge on any atom is -0.377 e. The fourth-order valence-electron chi connectivity index (χ4n) is 19.4. The summed E-state index contributed by atoms with van der Waals surface area (Å²) >= 11 is 6.27. The monoisotopic (exact) mass is 2040 g/mol. The Labute approximate surface area is 840 Å². The van der Waals surface area contributed by atoms with Gasteiger partial charge in [0.05, 0.1) is 146 Å². The largest absolute Gasteiger partial charge is 0.377 e. The minimum atomic E-state index is -2.34. The van der Waals surface area contributed by atoms with E-state index in [0.717, 1.165) is 208 Å². The molecule has 11 aromatic rings. The molecule has 22 rings (SSSR count). The van der Waals surface area contributed by atoms with Crippen molar-refractivity contribution in [3.63, 3.8) is 0 Å². The molecule has 0 bridgehead atoms. The van der Waals surface area contributed by atoms with E-state index in [1.165, 1.54) is 11.1 Å². The van der Waals surface area contributed by atoms with E-state index in [4.69, 9.17) is 60.2 Å². The van der Waals surface area contributed by atoms with Crippen LogP contribution in [0.25, 0.3) is 86.2 Å². The second kappa shape index (κ2) is 43.8. The zero-order chi connectivity index (χ0) is 99.2. The highest BCUT2D eigenvalue weighted by atomic mass is 35.5. The van der Waals surface area contributed by atoms with Gasteiger partial charge < -0.3 is 48.2 Å². The molecule has 7 aliphatic heterocycles. The van der Waals surface area contributed by atoms with Crippen molar-refractivity contribution in [2.75, 3.05) is 183 Å². The smallest absolute Gasteiger partial charge is 0.165 e. The van der Waals surface area contributed by atoms with E-state index in [2.05, 4.69) is 179 Å². The summed E-state index contributed by atoms with van der Waals surface area (Å²) in [5, 5.41) is 0.442. The number of aryl methyl sites for hydroxylation is 1. The zero-order valence-electron chi connectivity index (χ0n) is 82.8. The van der Waals surface area contributed by atoms with E-state index in [1.807, 2.05) is 129 Å². The molecule has 1 aromatic carbocycles. The van der Waals surface area contributed by atoms with E-state index in [1.54, 1.807) is 25.0 Å². The molecule has 31 nitrogen and oxygen atoms in total. The van der Waals surface area contributed by atoms with Gasteiger partial charge in [-0.15, -0.1) is 0 Å². The number of para-hydroxylation sites is 2. The number of nitrogens with zero attached hydrogens (tertiary/aromatic N) is 21. The summed E-state index contributed by atoms with van der Waals surface area (Å²) < 4.78 is 116. The number of hydrogen-bond donors (Lipinski definition) is 0. The predicted molar refractivity (Wildman–Crippen MR) is 577 cm³/mol. The van der Waals surface area contributed by atoms with Crippen molar-refractivity contribution >= 4 is 153 Å². The van der Waals surface area contributed by atoms with E-state index in [-0.39, 0.29) is 30.2 Å². The number of hydrogen-bond acceptors (Lipinski definition) is 30. The third-order valence-electron chi connectivity index (χ3n) is 26.7. The first-order valence-electron chi connectivity index (χ1n) is 49.0. The molecule has 5 atom stereocenters. The molecule has 748 valence electrons. The van der Waals surface area contributed by atoms with Gasteiger partial charge in [0.2, 0.25) is 0 Å². The van der Waals surface area contributed by atoms with E-state index < -0.39 is 48.6 Å². The average Bonchev–Trinajstić information content (AvgIpc) is 1.56. The van der Waals surface area contributed by atoms with Crippen molar-refractivity contribution in [3.8, 4) is 50.8 Å². The Morgan fingerprint density at radius 1 is 0.415 bits per heavy atom. The number of benzene rings is 1. The summed E-state index contributed by atoms with van der Waals surface area (Å²) in [5.74, 6) is 7.93. The second-order valence-electron chi connectivity index (χ2n) is 38.0. The van der Waals surface area contributed by atoms with E-state index in [9.17, 15) is 21.0 Å². The molecule has 7 saturated heterocycles. The van der Waals surface area contributed by atoms with Gasteiger partial charge in [-0.1, -0.05) is 86.2 Å². The first kappa shape index (κ1) is 101. The summed E-state index contributed by atoms with van der Waals surface area (Å²) in [6, 6.07) is 35.3. The Kier molecular flexibility index (Phi) is 31.1. The van der Waals surface area contributed by atoms with Gasteiger partial charge in [0.25, 0.3) is 0 Å². The van der Waals surface area contributed by atoms with Gasteiger partial charge in [0.15, 0.2) is 29.1 Å². The fraction of sp³-hybridized carbons (Fsp3) is 0.429. The lowest BCUT2D eigenvalue weighted by atomic mass is 10.0. The molecule has 10 aromatic heterocycles. The van der Waals surface area contributed by atoms with Crippen molar-refractivity contribution in [2.24, 2.45) is 21.8 Å². The van der Waals surface area contributed by atoms with Crippen molar-refractivity contribution < 1.29 is 44.7 Å². The molecule has 11 aliphatic rings. The van der Waals surface area contributed by atoms with Crippen LogP contribution in [0.2, 0.25) is 5.15 Å². The van der Waals surface area contributed by atoms with Crippen LogP contribution in [0.1, 0.15) is 118 Å². The number of anilines is 5. The van der Waals surface area contributed by atoms with Gasteiger partial charge >= 0.3 is 0 Å². The molecule has 0 spiro atoms. The number of ether oxygens (including phenoxy) is 5. The number of aromatic nitrogens is 11. The van der Waals surface area contributed by atoms with Gasteiger partial charge in [-0.05, 0) is 133 Å². The molecule has 37 heteroatoms. The third kappa shape index (κ3) is 23.9. The predicted octanol–water partition coefficient (Wildman–Crippen LogP) is 18.6. The normalized spacial score (nSPS) is 20.2. The summed E-state index contributed by atoms with van der Waals surface area (Å²) in [6.07, 6.45) is 37.2. The molecule has 0 radical (unpaired) electrons. The van der Waals surface area contributed by atoms with Crippen molar-refractivity contribution in [1.82, 2.24) is 54.4 Å². The SMILES string of the molecule is CCS(=O)(CC)=Nc1cc(N2CCOC[C@H]2C)cc(-c2ccnc3c2C=CC3)n1.C[C@@H]1COCCN1c1cc(N=S(C)(C)=O)nc(-c2cc(Cl)nc3c2C=CC3)c1.C[C@@H]1COCCN1c1cc(N=S2(=O)CCC2)nc(-c2cncc3c2C=CC3)c1.C[C@@H]1COCCN1c1cc(N=S2(=O)CCCC2)nc(-c2ccnc3c2C=CC3)c1.Cc1nc2ccccc2n1-c1cc(N2CCOC[C@H]2C)cc(N=S(C)(C)=O)n1. The number of pyridine rings is 9. The first-order valence-corrected chi connectivity index (χ1v) is 59.6. The number of fused-ring (bicyclic) bond motifs is 5. The maximum absolute atomic E-state index is 13.1. The zero-order valence-corrected chi connectivity index (χ0v) is 87.7. The number of morpholine rings is 5. The number of allylic oxidation sites excluding steroid dienone is 4. The van der Waals surface area contributed by atoms with Crippen LogP contribution in [0, 0.1) is 6.92 Å². The average molecular weight is 2040 g/mol. The van der Waals surface area contributed by atoms with Gasteiger partial charge in [0, 0.05) is 290 Å². The highest BCUT2D eigenvalue weighted by molar-refractivity contribution is 7.95. The van der Waals surface area contributed by atoms with E-state index in [0.29, 0.717) is 135 Å². The van der Waals surface area contributed by atoms with Gasteiger partial charge in [-0.2, -0.15) is 21.8 Å². The summed E-state index contributed by atoms with van der Waals surface area (Å²) in [6.45, 7) is 27.5. The van der Waals surface area contributed by atoms with Crippen LogP contribution in [0.4, 0.5) is 57.5 Å². The lowest BCUT2D eigenvalue weighted by Gasteiger charge is -2.35. The summed E-state index contributed by atoms with van der Waals surface area (Å²) in [7, 11) is -11.3. The lowest BCUT2D eigenvalue weighted by Crippen LogP contribution is -2.43. The Hall–Kier alpha value is -11.2. The number of rotatable bonds is 17. The quantitative estimate of drug-likeness (QED) is 0.0764. The Balaban J connectivity index is 0.000000117. The lowest BCUT2D eigenvalue weighted by molar-refractivity contribution is 0.0989. The molecular weight excluding hydrogens is 1910 g/mol. The highest BCUT2D eigenvalue weighted by Gasteiger charge is 2.32. The van der Waals surface area contributed by atoms with Crippen LogP contribution in [0.3, 0.4) is 0 Å². The first-order chi connectivity index (χ1) is 68.4. The third-order valence-corrected chi connectivity index (χ3v) is 35.2. The molecule has 0 saturated carbocycles. The standard InChI is InChI=1S/C22H26N4O2S.C22H28N4O2S.C21H24N4O2S.C20H23ClN4O2S.C20H25N5O2S/c1-16-15-28-10-9-26(16)17-13-21(19-7-8-23-20-6-4-5-18(19)20)24-22(14-17)25-29(27)11-2-3-12-29;1-4-29(27,5-2)25-22-14-17(26-11-12-28-15-16(26)3)13-21(24-22)19-9-10-23-20-8-6-7-18(19)20;1-15-14-27-7-6-25(15)17-10-20(19-13-22-12-16-4-2-5-18(16)19)23-21(11-17)24-28(26)8-3-9-28;1-13-12-27-8-7-25(13)14-9-18(23-20(10-14)24-28(2,3)26)16-11-19(21)22-17-6-4-5-15(16)17;1-14-13-27-10-9-24(14)16-11-19(23-28(3,4)26)22-20(12-16)25-15(2)21-17-7-5-6-8-18(17)25/h4-5,7-8,13-14,16H,2-3,6,9-12,15H2,1H3;6-7,9-10,13-14,16H,4-5,8,11-12,15H2,1-3H3;2,5,10-13,15H,3-4,6-9,14H2,1H3;4-5,9-11,13H,6-8,12H2,1-3H3;5-8,11-12,14H,9-10,13H2,1-4H3/t2*16-;15-;13-;14-/m11111/s1.